The quantitative estimate of drug-likeness (QED) is 0.603. The molecule has 0 aromatic rings. The van der Waals surface area contributed by atoms with E-state index < -0.39 is 0 Å². The maximum Gasteiger partial charge on any atom is 0.269 e. The molecular weight excluding hydrogens is 168 g/mol. The predicted octanol–water partition coefficient (Wildman–Crippen LogP) is -0.157. The number of guanidine groups is 1. The van der Waals surface area contributed by atoms with Gasteiger partial charge in [0.2, 0.25) is 5.96 Å². The monoisotopic (exact) mass is 176 g/mol. The van der Waals surface area contributed by atoms with Crippen LogP contribution < -0.4 is 5.32 Å². The second-order valence-electron chi connectivity index (χ2n) is 2.56. The van der Waals surface area contributed by atoms with Crippen molar-refractivity contribution in [2.45, 2.75) is 0 Å². The Balaban J connectivity index is 2.04. The van der Waals surface area contributed by atoms with Gasteiger partial charge in [0.15, 0.2) is 0 Å². The van der Waals surface area contributed by atoms with Gasteiger partial charge in [0.1, 0.15) is 0 Å². The van der Waals surface area contributed by atoms with Gasteiger partial charge in [-0.25, -0.2) is 4.99 Å². The van der Waals surface area contributed by atoms with Crippen LogP contribution in [0.25, 0.3) is 0 Å². The van der Waals surface area contributed by atoms with Gasteiger partial charge in [-0.3, -0.25) is 15.1 Å². The first-order chi connectivity index (χ1) is 6.34. The van der Waals surface area contributed by atoms with E-state index in [0.717, 1.165) is 0 Å². The molecule has 2 aliphatic heterocycles. The third-order valence-corrected chi connectivity index (χ3v) is 1.56. The Morgan fingerprint density at radius 3 is 3.08 bits per heavy atom. The molecule has 0 saturated carbocycles. The summed E-state index contributed by atoms with van der Waals surface area (Å²) < 4.78 is 0. The molecule has 0 fully saturated rings. The molecule has 0 saturated heterocycles. The van der Waals surface area contributed by atoms with Gasteiger partial charge in [-0.1, -0.05) is 12.2 Å². The molecule has 2 heterocycles. The summed E-state index contributed by atoms with van der Waals surface area (Å²) in [5.41, 5.74) is 0. The first-order valence-corrected chi connectivity index (χ1v) is 3.88. The van der Waals surface area contributed by atoms with Gasteiger partial charge in [-0.15, -0.1) is 5.10 Å². The Hall–Kier alpha value is -1.91. The van der Waals surface area contributed by atoms with Crippen molar-refractivity contribution in [3.05, 3.63) is 24.4 Å². The number of rotatable bonds is 1. The number of hydrogen-bond donors (Lipinski definition) is 1. The first kappa shape index (κ1) is 7.72. The van der Waals surface area contributed by atoms with Crippen LogP contribution in [0.3, 0.4) is 0 Å². The Labute approximate surface area is 75.1 Å². The SMILES string of the molecule is O=C1C=NC(=NN2C=CC=CC2)N1. The van der Waals surface area contributed by atoms with Gasteiger partial charge in [0.05, 0.1) is 12.8 Å². The number of amides is 1. The number of allylic oxidation sites excluding steroid dienone is 2. The predicted molar refractivity (Wildman–Crippen MR) is 49.1 cm³/mol. The van der Waals surface area contributed by atoms with Crippen LogP contribution in [0.1, 0.15) is 0 Å². The highest BCUT2D eigenvalue weighted by atomic mass is 16.2. The van der Waals surface area contributed by atoms with Crippen LogP contribution in [0.15, 0.2) is 34.5 Å². The van der Waals surface area contributed by atoms with E-state index in [1.54, 1.807) is 5.01 Å². The van der Waals surface area contributed by atoms with Crippen molar-refractivity contribution in [1.82, 2.24) is 10.3 Å². The molecule has 1 amide bonds. The summed E-state index contributed by atoms with van der Waals surface area (Å²) in [6, 6.07) is 0. The lowest BCUT2D eigenvalue weighted by molar-refractivity contribution is -0.112. The van der Waals surface area contributed by atoms with E-state index >= 15 is 0 Å². The molecule has 2 aliphatic rings. The Morgan fingerprint density at radius 2 is 2.46 bits per heavy atom. The van der Waals surface area contributed by atoms with Crippen molar-refractivity contribution in [2.75, 3.05) is 6.54 Å². The maximum atomic E-state index is 10.7. The van der Waals surface area contributed by atoms with Gasteiger partial charge < -0.3 is 0 Å². The van der Waals surface area contributed by atoms with E-state index in [2.05, 4.69) is 15.4 Å². The van der Waals surface area contributed by atoms with Gasteiger partial charge in [-0.05, 0) is 6.08 Å². The highest BCUT2D eigenvalue weighted by Gasteiger charge is 2.10. The molecule has 5 nitrogen and oxygen atoms in total. The number of hydrazone groups is 1. The highest BCUT2D eigenvalue weighted by molar-refractivity contribution is 6.36. The van der Waals surface area contributed by atoms with Crippen molar-refractivity contribution < 1.29 is 4.79 Å². The minimum absolute atomic E-state index is 0.227. The topological polar surface area (TPSA) is 57.1 Å². The Morgan fingerprint density at radius 1 is 1.54 bits per heavy atom. The minimum Gasteiger partial charge on any atom is -0.288 e. The van der Waals surface area contributed by atoms with E-state index in [-0.39, 0.29) is 5.91 Å². The van der Waals surface area contributed by atoms with E-state index in [9.17, 15) is 4.79 Å². The number of carbonyl (C=O) groups is 1. The number of carbonyl (C=O) groups excluding carboxylic acids is 1. The molecule has 1 N–H and O–H groups in total. The highest BCUT2D eigenvalue weighted by Crippen LogP contribution is 1.99. The average Bonchev–Trinajstić information content (AvgIpc) is 2.53. The third-order valence-electron chi connectivity index (χ3n) is 1.56. The molecule has 66 valence electrons. The third kappa shape index (κ3) is 1.81. The van der Waals surface area contributed by atoms with Gasteiger partial charge in [0, 0.05) is 6.20 Å². The summed E-state index contributed by atoms with van der Waals surface area (Å²) >= 11 is 0. The molecule has 2 rings (SSSR count). The standard InChI is InChI=1S/C8H8N4O/c13-7-6-9-8(10-7)11-12-4-2-1-3-5-12/h1-4,6H,5H2,(H,10,11,13). The molecule has 0 aromatic heterocycles. The largest absolute Gasteiger partial charge is 0.288 e. The molecule has 0 bridgehead atoms. The van der Waals surface area contributed by atoms with Crippen LogP contribution >= 0.6 is 0 Å². The number of nitrogens with one attached hydrogen (secondary N) is 1. The van der Waals surface area contributed by atoms with E-state index in [4.69, 9.17) is 0 Å². The molecular formula is C8H8N4O. The lowest BCUT2D eigenvalue weighted by atomic mass is 10.4. The fraction of sp³-hybridized carbons (Fsp3) is 0.125. The van der Waals surface area contributed by atoms with Crippen LogP contribution in [-0.2, 0) is 4.79 Å². The molecule has 0 aliphatic carbocycles. The number of hydrogen-bond acceptors (Lipinski definition) is 3. The maximum absolute atomic E-state index is 10.7. The fourth-order valence-electron chi connectivity index (χ4n) is 0.998. The summed E-state index contributed by atoms with van der Waals surface area (Å²) in [6.45, 7) is 0.700. The van der Waals surface area contributed by atoms with E-state index in [1.807, 2.05) is 24.4 Å². The van der Waals surface area contributed by atoms with Crippen LogP contribution in [-0.4, -0.2) is 29.6 Å². The van der Waals surface area contributed by atoms with Crippen LogP contribution in [0.4, 0.5) is 0 Å². The van der Waals surface area contributed by atoms with Crippen molar-refractivity contribution in [1.29, 1.82) is 0 Å². The van der Waals surface area contributed by atoms with E-state index in [0.29, 0.717) is 12.5 Å². The van der Waals surface area contributed by atoms with Crippen LogP contribution in [0.2, 0.25) is 0 Å². The second kappa shape index (κ2) is 3.22. The minimum atomic E-state index is -0.227. The molecule has 0 atom stereocenters. The zero-order chi connectivity index (χ0) is 9.10. The summed E-state index contributed by atoms with van der Waals surface area (Å²) in [4.78, 5) is 14.5. The van der Waals surface area contributed by atoms with Crippen molar-refractivity contribution in [2.24, 2.45) is 10.1 Å². The van der Waals surface area contributed by atoms with Gasteiger partial charge in [0.25, 0.3) is 5.91 Å². The van der Waals surface area contributed by atoms with Gasteiger partial charge in [-0.2, -0.15) is 0 Å². The zero-order valence-corrected chi connectivity index (χ0v) is 6.84. The van der Waals surface area contributed by atoms with Crippen molar-refractivity contribution in [3.63, 3.8) is 0 Å². The molecule has 0 radical (unpaired) electrons. The van der Waals surface area contributed by atoms with Crippen molar-refractivity contribution >= 4 is 18.1 Å². The van der Waals surface area contributed by atoms with Gasteiger partial charge >= 0.3 is 0 Å². The fourth-order valence-corrected chi connectivity index (χ4v) is 0.998. The number of nitrogens with zero attached hydrogens (tertiary/aromatic N) is 3. The summed E-state index contributed by atoms with van der Waals surface area (Å²) in [7, 11) is 0. The molecule has 13 heavy (non-hydrogen) atoms. The molecule has 5 heteroatoms. The Bertz CT molecular complexity index is 340. The van der Waals surface area contributed by atoms with Crippen LogP contribution in [0.5, 0.6) is 0 Å². The molecule has 0 spiro atoms. The smallest absolute Gasteiger partial charge is 0.269 e. The van der Waals surface area contributed by atoms with Crippen LogP contribution in [0, 0.1) is 0 Å². The summed E-state index contributed by atoms with van der Waals surface area (Å²) in [5.74, 6) is 0.111. The molecule has 0 unspecified atom stereocenters. The summed E-state index contributed by atoms with van der Waals surface area (Å²) in [6.07, 6.45) is 8.79. The zero-order valence-electron chi connectivity index (χ0n) is 6.84. The lowest BCUT2D eigenvalue weighted by Gasteiger charge is -2.13. The average molecular weight is 176 g/mol. The second-order valence-corrected chi connectivity index (χ2v) is 2.56. The van der Waals surface area contributed by atoms with E-state index in [1.165, 1.54) is 6.21 Å². The first-order valence-electron chi connectivity index (χ1n) is 3.88. The Kier molecular flexibility index (Phi) is 1.91. The number of aliphatic imine (C=N–C) groups is 1. The lowest BCUT2D eigenvalue weighted by Crippen LogP contribution is -2.25. The molecule has 0 aromatic carbocycles. The van der Waals surface area contributed by atoms with Crippen molar-refractivity contribution in [3.8, 4) is 0 Å². The normalized spacial score (nSPS) is 22.9. The summed E-state index contributed by atoms with van der Waals surface area (Å²) in [5, 5.41) is 8.25.